The fourth-order valence-electron chi connectivity index (χ4n) is 2.20. The van der Waals surface area contributed by atoms with E-state index in [1.807, 2.05) is 18.2 Å². The highest BCUT2D eigenvalue weighted by atomic mass is 16.5. The molecule has 0 unspecified atom stereocenters. The Bertz CT molecular complexity index is 372. The molecule has 1 aromatic rings. The molecule has 0 spiro atoms. The zero-order valence-corrected chi connectivity index (χ0v) is 10.1. The van der Waals surface area contributed by atoms with Gasteiger partial charge >= 0.3 is 0 Å². The molecule has 3 nitrogen and oxygen atoms in total. The van der Waals surface area contributed by atoms with E-state index in [4.69, 9.17) is 10.00 Å². The summed E-state index contributed by atoms with van der Waals surface area (Å²) in [5, 5.41) is 8.43. The van der Waals surface area contributed by atoms with Crippen LogP contribution in [0, 0.1) is 11.3 Å². The van der Waals surface area contributed by atoms with Crippen LogP contribution in [0.5, 0.6) is 5.75 Å². The molecule has 1 heterocycles. The van der Waals surface area contributed by atoms with Crippen LogP contribution < -0.4 is 9.64 Å². The van der Waals surface area contributed by atoms with E-state index in [2.05, 4.69) is 17.0 Å². The van der Waals surface area contributed by atoms with E-state index >= 15 is 0 Å². The van der Waals surface area contributed by atoms with Gasteiger partial charge in [-0.25, -0.2) is 0 Å². The van der Waals surface area contributed by atoms with Gasteiger partial charge in [0.15, 0.2) is 6.61 Å². The Labute approximate surface area is 103 Å². The second-order valence-corrected chi connectivity index (χ2v) is 4.34. The van der Waals surface area contributed by atoms with Crippen molar-refractivity contribution in [2.24, 2.45) is 0 Å². The third-order valence-corrected chi connectivity index (χ3v) is 3.11. The molecule has 0 aliphatic carbocycles. The zero-order chi connectivity index (χ0) is 11.9. The quantitative estimate of drug-likeness (QED) is 0.801. The summed E-state index contributed by atoms with van der Waals surface area (Å²) in [5.41, 5.74) is 1.26. The first-order valence-corrected chi connectivity index (χ1v) is 6.25. The van der Waals surface area contributed by atoms with Crippen molar-refractivity contribution in [1.82, 2.24) is 0 Å². The van der Waals surface area contributed by atoms with Crippen LogP contribution in [0.3, 0.4) is 0 Å². The lowest BCUT2D eigenvalue weighted by atomic mass is 10.2. The normalized spacial score (nSPS) is 16.1. The molecule has 0 bridgehead atoms. The molecule has 2 rings (SSSR count). The Kier molecular flexibility index (Phi) is 4.26. The summed E-state index contributed by atoms with van der Waals surface area (Å²) in [6.45, 7) is 2.42. The first kappa shape index (κ1) is 11.8. The van der Waals surface area contributed by atoms with E-state index in [0.29, 0.717) is 0 Å². The first-order chi connectivity index (χ1) is 8.40. The summed E-state index contributed by atoms with van der Waals surface area (Å²) < 4.78 is 5.24. The van der Waals surface area contributed by atoms with Crippen molar-refractivity contribution in [3.63, 3.8) is 0 Å². The summed E-state index contributed by atoms with van der Waals surface area (Å²) >= 11 is 0. The average molecular weight is 230 g/mol. The topological polar surface area (TPSA) is 36.3 Å². The lowest BCUT2D eigenvalue weighted by molar-refractivity contribution is 0.368. The highest BCUT2D eigenvalue weighted by Gasteiger charge is 2.09. The molecule has 1 aliphatic rings. The van der Waals surface area contributed by atoms with E-state index in [1.165, 1.54) is 31.4 Å². The third-order valence-electron chi connectivity index (χ3n) is 3.11. The van der Waals surface area contributed by atoms with Gasteiger partial charge in [0, 0.05) is 18.8 Å². The van der Waals surface area contributed by atoms with E-state index in [1.54, 1.807) is 0 Å². The van der Waals surface area contributed by atoms with Crippen molar-refractivity contribution in [2.45, 2.75) is 25.7 Å². The highest BCUT2D eigenvalue weighted by molar-refractivity contribution is 5.49. The lowest BCUT2D eigenvalue weighted by Gasteiger charge is -2.22. The summed E-state index contributed by atoms with van der Waals surface area (Å²) in [5.74, 6) is 0.769. The lowest BCUT2D eigenvalue weighted by Crippen LogP contribution is -2.23. The Hall–Kier alpha value is -1.69. The van der Waals surface area contributed by atoms with Gasteiger partial charge < -0.3 is 9.64 Å². The number of hydrogen-bond acceptors (Lipinski definition) is 3. The maximum Gasteiger partial charge on any atom is 0.174 e. The van der Waals surface area contributed by atoms with Crippen molar-refractivity contribution >= 4 is 5.69 Å². The van der Waals surface area contributed by atoms with Crippen LogP contribution in [0.4, 0.5) is 5.69 Å². The molecule has 0 amide bonds. The molecule has 0 atom stereocenters. The predicted octanol–water partition coefficient (Wildman–Crippen LogP) is 2.97. The first-order valence-electron chi connectivity index (χ1n) is 6.25. The standard InChI is InChI=1S/C14H18N2O/c15-9-12-17-14-7-5-13(6-8-14)16-10-3-1-2-4-11-16/h5-8H,1-4,10-12H2. The van der Waals surface area contributed by atoms with E-state index in [9.17, 15) is 0 Å². The molecule has 1 aliphatic heterocycles. The molecule has 90 valence electrons. The second kappa shape index (κ2) is 6.15. The van der Waals surface area contributed by atoms with Crippen molar-refractivity contribution in [1.29, 1.82) is 5.26 Å². The number of hydrogen-bond donors (Lipinski definition) is 0. The molecule has 0 aromatic heterocycles. The van der Waals surface area contributed by atoms with Gasteiger partial charge in [-0.1, -0.05) is 12.8 Å². The van der Waals surface area contributed by atoms with Crippen LogP contribution in [0.15, 0.2) is 24.3 Å². The van der Waals surface area contributed by atoms with Crippen LogP contribution in [-0.2, 0) is 0 Å². The van der Waals surface area contributed by atoms with Gasteiger partial charge in [0.2, 0.25) is 0 Å². The van der Waals surface area contributed by atoms with Gasteiger partial charge in [-0.15, -0.1) is 0 Å². The summed E-state index contributed by atoms with van der Waals surface area (Å²) in [6.07, 6.45) is 5.26. The van der Waals surface area contributed by atoms with Crippen LogP contribution in [0.1, 0.15) is 25.7 Å². The highest BCUT2D eigenvalue weighted by Crippen LogP contribution is 2.22. The number of nitrogens with zero attached hydrogens (tertiary/aromatic N) is 2. The SMILES string of the molecule is N#CCOc1ccc(N2CCCCCC2)cc1. The zero-order valence-electron chi connectivity index (χ0n) is 10.1. The van der Waals surface area contributed by atoms with Crippen LogP contribution in [0.2, 0.25) is 0 Å². The molecule has 1 aromatic carbocycles. The maximum absolute atomic E-state index is 8.43. The third kappa shape index (κ3) is 3.39. The molecular formula is C14H18N2O. The summed E-state index contributed by atoms with van der Waals surface area (Å²) in [4.78, 5) is 2.43. The monoisotopic (exact) mass is 230 g/mol. The molecular weight excluding hydrogens is 212 g/mol. The summed E-state index contributed by atoms with van der Waals surface area (Å²) in [7, 11) is 0. The predicted molar refractivity (Wildman–Crippen MR) is 68.2 cm³/mol. The number of ether oxygens (including phenoxy) is 1. The molecule has 1 saturated heterocycles. The fourth-order valence-corrected chi connectivity index (χ4v) is 2.20. The molecule has 0 radical (unpaired) electrons. The second-order valence-electron chi connectivity index (χ2n) is 4.34. The minimum Gasteiger partial charge on any atom is -0.479 e. The van der Waals surface area contributed by atoms with Gasteiger partial charge in [-0.2, -0.15) is 5.26 Å². The van der Waals surface area contributed by atoms with E-state index < -0.39 is 0 Å². The Morgan fingerprint density at radius 1 is 1.06 bits per heavy atom. The van der Waals surface area contributed by atoms with Gasteiger partial charge in [0.05, 0.1) is 0 Å². The average Bonchev–Trinajstić information content (AvgIpc) is 2.66. The van der Waals surface area contributed by atoms with Crippen LogP contribution >= 0.6 is 0 Å². The van der Waals surface area contributed by atoms with Gasteiger partial charge in [0.1, 0.15) is 11.8 Å². The minimum absolute atomic E-state index is 0.114. The number of benzene rings is 1. The largest absolute Gasteiger partial charge is 0.479 e. The number of rotatable bonds is 3. The van der Waals surface area contributed by atoms with Crippen molar-refractivity contribution in [2.75, 3.05) is 24.6 Å². The smallest absolute Gasteiger partial charge is 0.174 e. The molecule has 1 fully saturated rings. The fraction of sp³-hybridized carbons (Fsp3) is 0.500. The maximum atomic E-state index is 8.43. The summed E-state index contributed by atoms with van der Waals surface area (Å²) in [6, 6.07) is 10.0. The van der Waals surface area contributed by atoms with E-state index in [0.717, 1.165) is 18.8 Å². The van der Waals surface area contributed by atoms with Crippen molar-refractivity contribution in [3.8, 4) is 11.8 Å². The molecule has 17 heavy (non-hydrogen) atoms. The van der Waals surface area contributed by atoms with Crippen LogP contribution in [-0.4, -0.2) is 19.7 Å². The van der Waals surface area contributed by atoms with Gasteiger partial charge in [0.25, 0.3) is 0 Å². The van der Waals surface area contributed by atoms with Gasteiger partial charge in [-0.3, -0.25) is 0 Å². The number of anilines is 1. The molecule has 0 N–H and O–H groups in total. The Morgan fingerprint density at radius 2 is 1.71 bits per heavy atom. The number of nitriles is 1. The van der Waals surface area contributed by atoms with Crippen LogP contribution in [0.25, 0.3) is 0 Å². The van der Waals surface area contributed by atoms with Crippen molar-refractivity contribution < 1.29 is 4.74 Å². The Balaban J connectivity index is 1.98. The molecule has 0 saturated carbocycles. The van der Waals surface area contributed by atoms with Crippen molar-refractivity contribution in [3.05, 3.63) is 24.3 Å². The molecule has 3 heteroatoms. The Morgan fingerprint density at radius 3 is 2.29 bits per heavy atom. The minimum atomic E-state index is 0.114. The van der Waals surface area contributed by atoms with E-state index in [-0.39, 0.29) is 6.61 Å². The van der Waals surface area contributed by atoms with Gasteiger partial charge in [-0.05, 0) is 37.1 Å².